The van der Waals surface area contributed by atoms with Crippen LogP contribution in [0.2, 0.25) is 0 Å². The van der Waals surface area contributed by atoms with Crippen molar-refractivity contribution < 1.29 is 0 Å². The molecule has 0 aliphatic heterocycles. The molecule has 1 aromatic heterocycles. The van der Waals surface area contributed by atoms with Crippen LogP contribution in [-0.4, -0.2) is 4.98 Å². The van der Waals surface area contributed by atoms with Gasteiger partial charge in [0.25, 0.3) is 0 Å². The van der Waals surface area contributed by atoms with Gasteiger partial charge in [0.1, 0.15) is 0 Å². The molecule has 34 heavy (non-hydrogen) atoms. The molecule has 0 N–H and O–H groups in total. The summed E-state index contributed by atoms with van der Waals surface area (Å²) in [6.07, 6.45) is 3.83. The summed E-state index contributed by atoms with van der Waals surface area (Å²) >= 11 is 0. The van der Waals surface area contributed by atoms with E-state index in [-0.39, 0.29) is 0 Å². The lowest BCUT2D eigenvalue weighted by atomic mass is 9.96. The van der Waals surface area contributed by atoms with E-state index in [1.807, 2.05) is 30.5 Å². The molecule has 160 valence electrons. The summed E-state index contributed by atoms with van der Waals surface area (Å²) in [5.74, 6) is 0. The fourth-order valence-electron chi connectivity index (χ4n) is 4.93. The van der Waals surface area contributed by atoms with Gasteiger partial charge in [-0.25, -0.2) is 0 Å². The highest BCUT2D eigenvalue weighted by Crippen LogP contribution is 2.34. The average Bonchev–Trinajstić information content (AvgIpc) is 3.23. The largest absolute Gasteiger partial charge is 0.256 e. The van der Waals surface area contributed by atoms with E-state index in [0.29, 0.717) is 0 Å². The van der Waals surface area contributed by atoms with Crippen molar-refractivity contribution in [3.63, 3.8) is 0 Å². The van der Waals surface area contributed by atoms with E-state index in [9.17, 15) is 0 Å². The van der Waals surface area contributed by atoms with Gasteiger partial charge < -0.3 is 0 Å². The predicted molar refractivity (Wildman–Crippen MR) is 143 cm³/mol. The number of hydrogen-bond donors (Lipinski definition) is 0. The maximum atomic E-state index is 4.56. The van der Waals surface area contributed by atoms with Crippen LogP contribution in [0.25, 0.3) is 56.8 Å². The van der Waals surface area contributed by atoms with E-state index in [0.717, 1.165) is 22.0 Å². The summed E-state index contributed by atoms with van der Waals surface area (Å²) in [5, 5.41) is 2.23. The smallest absolute Gasteiger partial charge is 0.0708 e. The second-order valence-corrected chi connectivity index (χ2v) is 8.59. The van der Waals surface area contributed by atoms with Gasteiger partial charge in [-0.3, -0.25) is 4.98 Å². The second kappa shape index (κ2) is 8.13. The lowest BCUT2D eigenvalue weighted by Gasteiger charge is -2.09. The molecule has 0 unspecified atom stereocenters. The van der Waals surface area contributed by atoms with Crippen LogP contribution in [0, 0.1) is 0 Å². The summed E-state index contributed by atoms with van der Waals surface area (Å²) in [7, 11) is 0. The zero-order chi connectivity index (χ0) is 23.1. The molecule has 0 bridgehead atoms. The second-order valence-electron chi connectivity index (χ2n) is 8.59. The van der Waals surface area contributed by atoms with Crippen LogP contribution in [0.3, 0.4) is 0 Å². The third-order valence-electron chi connectivity index (χ3n) is 6.58. The minimum atomic E-state index is 0.982. The van der Waals surface area contributed by atoms with E-state index >= 15 is 0 Å². The van der Waals surface area contributed by atoms with Gasteiger partial charge in [-0.1, -0.05) is 98.1 Å². The highest BCUT2D eigenvalue weighted by atomic mass is 14.7. The van der Waals surface area contributed by atoms with Crippen LogP contribution in [0.5, 0.6) is 0 Å². The fourth-order valence-corrected chi connectivity index (χ4v) is 4.93. The molecule has 0 atom stereocenters. The molecule has 0 saturated carbocycles. The van der Waals surface area contributed by atoms with Crippen molar-refractivity contribution in [2.45, 2.75) is 0 Å². The Hall–Kier alpha value is -4.49. The molecule has 0 amide bonds. The fraction of sp³-hybridized carbons (Fsp3) is 0. The van der Waals surface area contributed by atoms with Gasteiger partial charge in [0.15, 0.2) is 0 Å². The first kappa shape index (κ1) is 20.1. The molecule has 6 rings (SSSR count). The van der Waals surface area contributed by atoms with Gasteiger partial charge in [-0.15, -0.1) is 0 Å². The van der Waals surface area contributed by atoms with E-state index in [2.05, 4.69) is 103 Å². The molecule has 0 radical (unpaired) electrons. The Morgan fingerprint density at radius 3 is 1.97 bits per heavy atom. The minimum Gasteiger partial charge on any atom is -0.256 e. The maximum Gasteiger partial charge on any atom is 0.0708 e. The third kappa shape index (κ3) is 3.30. The van der Waals surface area contributed by atoms with Crippen LogP contribution >= 0.6 is 0 Å². The Bertz CT molecular complexity index is 1660. The molecule has 1 nitrogen and oxygen atoms in total. The highest BCUT2D eigenvalue weighted by molar-refractivity contribution is 5.94. The molecule has 0 fully saturated rings. The number of allylic oxidation sites excluding steroid dienone is 1. The average molecular weight is 434 g/mol. The molecule has 0 saturated heterocycles. The summed E-state index contributed by atoms with van der Waals surface area (Å²) in [4.78, 5) is 4.56. The highest BCUT2D eigenvalue weighted by Gasteiger charge is 2.19. The van der Waals surface area contributed by atoms with E-state index in [1.165, 1.54) is 44.2 Å². The van der Waals surface area contributed by atoms with E-state index < -0.39 is 0 Å². The minimum absolute atomic E-state index is 0.982. The zero-order valence-corrected chi connectivity index (χ0v) is 18.8. The Kier molecular flexibility index (Phi) is 4.82. The molecular formula is C33H23N. The number of rotatable bonds is 4. The monoisotopic (exact) mass is 433 g/mol. The number of aromatic nitrogens is 1. The van der Waals surface area contributed by atoms with Crippen LogP contribution in [0.1, 0.15) is 5.56 Å². The van der Waals surface area contributed by atoms with Gasteiger partial charge in [-0.05, 0) is 79.2 Å². The summed E-state index contributed by atoms with van der Waals surface area (Å²) < 4.78 is 0. The standard InChI is InChI=1S/C33H23N/c1-3-28-29-11-7-8-12-30(29)31-20-27(19-22(2)33(28)31)24-15-13-23(14-16-24)26-17-18-34-32(21-26)25-9-5-4-6-10-25/h3-21H,1-2H2. The van der Waals surface area contributed by atoms with Gasteiger partial charge in [0.05, 0.1) is 5.69 Å². The molecule has 5 aromatic rings. The number of nitrogens with zero attached hydrogens (tertiary/aromatic N) is 1. The summed E-state index contributed by atoms with van der Waals surface area (Å²) in [5.41, 5.74) is 11.7. The van der Waals surface area contributed by atoms with Crippen LogP contribution in [0.15, 0.2) is 122 Å². The normalized spacial score (nSPS) is 11.7. The Morgan fingerprint density at radius 1 is 0.559 bits per heavy atom. The Labute approximate surface area is 199 Å². The first-order valence-corrected chi connectivity index (χ1v) is 11.4. The summed E-state index contributed by atoms with van der Waals surface area (Å²) in [6, 6.07) is 36.3. The van der Waals surface area contributed by atoms with E-state index in [1.54, 1.807) is 0 Å². The Morgan fingerprint density at radius 2 is 1.24 bits per heavy atom. The van der Waals surface area contributed by atoms with E-state index in [4.69, 9.17) is 0 Å². The molecule has 1 aliphatic rings. The number of hydrogen-bond acceptors (Lipinski definition) is 1. The quantitative estimate of drug-likeness (QED) is 0.302. The first-order valence-electron chi connectivity index (χ1n) is 11.4. The van der Waals surface area contributed by atoms with Crippen LogP contribution < -0.4 is 10.4 Å². The molecule has 1 aliphatic carbocycles. The SMILES string of the molecule is C=CC1=c2c(cc(-c3ccc(-c4ccnc(-c5ccccc5)c4)cc3)cc2=C)-c2ccccc21. The number of fused-ring (bicyclic) bond motifs is 3. The van der Waals surface area contributed by atoms with Crippen LogP contribution in [0.4, 0.5) is 0 Å². The Balaban J connectivity index is 1.40. The predicted octanol–water partition coefficient (Wildman–Crippen LogP) is 6.86. The summed E-state index contributed by atoms with van der Waals surface area (Å²) in [6.45, 7) is 8.44. The molecule has 4 aromatic carbocycles. The van der Waals surface area contributed by atoms with Gasteiger partial charge in [-0.2, -0.15) is 0 Å². The van der Waals surface area contributed by atoms with Crippen molar-refractivity contribution in [2.24, 2.45) is 0 Å². The van der Waals surface area contributed by atoms with Crippen molar-refractivity contribution in [1.82, 2.24) is 4.98 Å². The molecule has 1 heterocycles. The van der Waals surface area contributed by atoms with Crippen LogP contribution in [-0.2, 0) is 0 Å². The maximum absolute atomic E-state index is 4.56. The van der Waals surface area contributed by atoms with Crippen molar-refractivity contribution in [2.75, 3.05) is 0 Å². The lowest BCUT2D eigenvalue weighted by Crippen LogP contribution is -2.25. The lowest BCUT2D eigenvalue weighted by molar-refractivity contribution is 1.33. The number of pyridine rings is 1. The van der Waals surface area contributed by atoms with Crippen molar-refractivity contribution in [3.05, 3.63) is 138 Å². The van der Waals surface area contributed by atoms with Crippen molar-refractivity contribution >= 4 is 12.2 Å². The third-order valence-corrected chi connectivity index (χ3v) is 6.58. The van der Waals surface area contributed by atoms with Gasteiger partial charge in [0.2, 0.25) is 0 Å². The molecule has 0 spiro atoms. The van der Waals surface area contributed by atoms with Gasteiger partial charge >= 0.3 is 0 Å². The zero-order valence-electron chi connectivity index (χ0n) is 18.8. The molecular weight excluding hydrogens is 410 g/mol. The number of benzene rings is 4. The van der Waals surface area contributed by atoms with Crippen molar-refractivity contribution in [3.8, 4) is 44.6 Å². The van der Waals surface area contributed by atoms with Crippen molar-refractivity contribution in [1.29, 1.82) is 0 Å². The topological polar surface area (TPSA) is 12.9 Å². The first-order chi connectivity index (χ1) is 16.7. The van der Waals surface area contributed by atoms with Gasteiger partial charge in [0, 0.05) is 11.8 Å². The molecule has 1 heteroatoms.